The van der Waals surface area contributed by atoms with Crippen LogP contribution in [-0.4, -0.2) is 68.0 Å². The molecule has 3 amide bonds. The van der Waals surface area contributed by atoms with E-state index in [1.165, 1.54) is 20.1 Å². The fourth-order valence-corrected chi connectivity index (χ4v) is 3.52. The Balaban J connectivity index is 0.00000684. The van der Waals surface area contributed by atoms with Gasteiger partial charge in [0.15, 0.2) is 5.96 Å². The molecule has 0 unspecified atom stereocenters. The molecule has 0 saturated carbocycles. The topological polar surface area (TPSA) is 187 Å². The van der Waals surface area contributed by atoms with Gasteiger partial charge in [-0.25, -0.2) is 4.79 Å². The first-order valence-corrected chi connectivity index (χ1v) is 11.6. The number of guanidine groups is 1. The quantitative estimate of drug-likeness (QED) is 0.103. The predicted octanol–water partition coefficient (Wildman–Crippen LogP) is -0.309. The first-order chi connectivity index (χ1) is 17.2. The van der Waals surface area contributed by atoms with Gasteiger partial charge < -0.3 is 36.9 Å². The average Bonchev–Trinajstić information content (AvgIpc) is 2.83. The maximum atomic E-state index is 13.2. The van der Waals surface area contributed by atoms with Crippen LogP contribution in [0.2, 0.25) is 0 Å². The highest BCUT2D eigenvalue weighted by Gasteiger charge is 2.29. The molecule has 2 heterocycles. The lowest BCUT2D eigenvalue weighted by Crippen LogP contribution is -2.56. The molecule has 1 aromatic carbocycles. The highest BCUT2D eigenvalue weighted by Crippen LogP contribution is 2.14. The number of hydrogen-bond donors (Lipinski definition) is 5. The number of aliphatic imine (C=N–C) groups is 1. The van der Waals surface area contributed by atoms with E-state index in [-0.39, 0.29) is 37.8 Å². The highest BCUT2D eigenvalue weighted by atomic mass is 35.5. The number of ether oxygens (including phenoxy) is 2. The summed E-state index contributed by atoms with van der Waals surface area (Å²) in [6, 6.07) is 4.08. The zero-order chi connectivity index (χ0) is 26.5. The maximum Gasteiger partial charge on any atom is 0.332 e. The Morgan fingerprint density at radius 2 is 1.84 bits per heavy atom. The molecule has 3 rings (SSSR count). The van der Waals surface area contributed by atoms with Crippen molar-refractivity contribution in [2.45, 2.75) is 50.7 Å². The van der Waals surface area contributed by atoms with Crippen molar-refractivity contribution in [3.8, 4) is 5.75 Å². The molecule has 2 aliphatic rings. The number of fused-ring (bicyclic) bond motifs is 12. The Labute approximate surface area is 222 Å². The zero-order valence-electron chi connectivity index (χ0n) is 20.9. The summed E-state index contributed by atoms with van der Waals surface area (Å²) in [6.07, 6.45) is 4.58. The van der Waals surface area contributed by atoms with Gasteiger partial charge in [0, 0.05) is 19.9 Å². The van der Waals surface area contributed by atoms with E-state index in [1.807, 2.05) is 0 Å². The van der Waals surface area contributed by atoms with Gasteiger partial charge >= 0.3 is 5.97 Å². The van der Waals surface area contributed by atoms with E-state index in [0.717, 1.165) is 5.56 Å². The monoisotopic (exact) mass is 538 g/mol. The van der Waals surface area contributed by atoms with Crippen LogP contribution >= 0.6 is 12.4 Å². The van der Waals surface area contributed by atoms with Crippen molar-refractivity contribution in [2.75, 3.05) is 20.3 Å². The SMILES string of the molecule is COC(=O)[C@@H]1/C=C/COc2ccc(cc2)C[C@H](NC(C)=O)C(=O)N[C@@H](CCCCN=C(N)N)C(=O)N1.Cl. The van der Waals surface area contributed by atoms with Gasteiger partial charge in [-0.05, 0) is 43.0 Å². The van der Waals surface area contributed by atoms with E-state index < -0.39 is 41.8 Å². The normalized spacial score (nSPS) is 20.8. The van der Waals surface area contributed by atoms with Crippen molar-refractivity contribution in [2.24, 2.45) is 16.5 Å². The fourth-order valence-electron chi connectivity index (χ4n) is 3.52. The van der Waals surface area contributed by atoms with E-state index >= 15 is 0 Å². The molecule has 1 aromatic rings. The summed E-state index contributed by atoms with van der Waals surface area (Å²) in [5, 5.41) is 7.96. The van der Waals surface area contributed by atoms with Crippen molar-refractivity contribution < 1.29 is 28.7 Å². The van der Waals surface area contributed by atoms with Crippen LogP contribution in [0.25, 0.3) is 0 Å². The summed E-state index contributed by atoms with van der Waals surface area (Å²) >= 11 is 0. The molecule has 0 fully saturated rings. The number of nitrogens with one attached hydrogen (secondary N) is 3. The number of unbranched alkanes of at least 4 members (excludes halogenated alkanes) is 1. The molecular formula is C24H35ClN6O6. The second-order valence-corrected chi connectivity index (χ2v) is 8.21. The van der Waals surface area contributed by atoms with Crippen molar-refractivity contribution in [1.29, 1.82) is 0 Å². The number of carbonyl (C=O) groups excluding carboxylic acids is 4. The summed E-state index contributed by atoms with van der Waals surface area (Å²) in [4.78, 5) is 54.2. The Bertz CT molecular complexity index is 980. The van der Waals surface area contributed by atoms with Crippen molar-refractivity contribution in [3.63, 3.8) is 0 Å². The van der Waals surface area contributed by atoms with Crippen LogP contribution in [0.4, 0.5) is 0 Å². The fraction of sp³-hybridized carbons (Fsp3) is 0.458. The molecule has 0 spiro atoms. The molecule has 204 valence electrons. The summed E-state index contributed by atoms with van der Waals surface area (Å²) < 4.78 is 10.4. The molecule has 13 heteroatoms. The van der Waals surface area contributed by atoms with Crippen LogP contribution in [-0.2, 0) is 30.3 Å². The number of nitrogens with two attached hydrogens (primary N) is 2. The van der Waals surface area contributed by atoms with Gasteiger partial charge in [0.25, 0.3) is 0 Å². The van der Waals surface area contributed by atoms with Gasteiger partial charge in [-0.1, -0.05) is 18.2 Å². The molecule has 0 saturated heterocycles. The summed E-state index contributed by atoms with van der Waals surface area (Å²) in [6.45, 7) is 1.83. The molecule has 0 radical (unpaired) electrons. The smallest absolute Gasteiger partial charge is 0.332 e. The van der Waals surface area contributed by atoms with Gasteiger partial charge in [-0.15, -0.1) is 12.4 Å². The first-order valence-electron chi connectivity index (χ1n) is 11.6. The average molecular weight is 539 g/mol. The number of carbonyl (C=O) groups is 4. The zero-order valence-corrected chi connectivity index (χ0v) is 21.7. The number of hydrogen-bond acceptors (Lipinski definition) is 7. The molecule has 37 heavy (non-hydrogen) atoms. The van der Waals surface area contributed by atoms with Crippen LogP contribution in [0.5, 0.6) is 5.75 Å². The maximum absolute atomic E-state index is 13.2. The molecule has 12 nitrogen and oxygen atoms in total. The molecule has 0 aromatic heterocycles. The molecule has 0 aliphatic carbocycles. The third-order valence-electron chi connectivity index (χ3n) is 5.31. The number of benzene rings is 1. The second kappa shape index (κ2) is 16.0. The minimum absolute atomic E-state index is 0. The van der Waals surface area contributed by atoms with E-state index in [0.29, 0.717) is 25.1 Å². The lowest BCUT2D eigenvalue weighted by atomic mass is 10.0. The Morgan fingerprint density at radius 1 is 1.14 bits per heavy atom. The number of methoxy groups -OCH3 is 1. The van der Waals surface area contributed by atoms with Crippen LogP contribution in [0.15, 0.2) is 41.4 Å². The van der Waals surface area contributed by atoms with Crippen LogP contribution in [0.3, 0.4) is 0 Å². The van der Waals surface area contributed by atoms with Crippen LogP contribution in [0.1, 0.15) is 31.7 Å². The van der Waals surface area contributed by atoms with Gasteiger partial charge in [0.1, 0.15) is 30.5 Å². The number of halogens is 1. The molecule has 7 N–H and O–H groups in total. The van der Waals surface area contributed by atoms with E-state index in [2.05, 4.69) is 20.9 Å². The van der Waals surface area contributed by atoms with E-state index in [9.17, 15) is 19.2 Å². The first kappa shape index (κ1) is 31.2. The standard InChI is InChI=1S/C24H34N6O6.ClH/c1-15(31)28-20-14-16-8-10-17(11-9-16)36-13-5-7-19(23(34)35-2)30-21(32)18(29-22(20)33)6-3-4-12-27-24(25)26;/h5,7-11,18-20H,3-4,6,12-14H2,1-2H3,(H,28,31)(H,29,33)(H,30,32)(H4,25,26,27);1H/b7-5+;/t18-,19-,20-;/m0./s1. The van der Waals surface area contributed by atoms with E-state index in [4.69, 9.17) is 20.9 Å². The largest absolute Gasteiger partial charge is 0.490 e. The lowest BCUT2D eigenvalue weighted by Gasteiger charge is -2.24. The Hall–Kier alpha value is -3.80. The predicted molar refractivity (Wildman–Crippen MR) is 140 cm³/mol. The summed E-state index contributed by atoms with van der Waals surface area (Å²) in [5.74, 6) is -1.64. The van der Waals surface area contributed by atoms with Crippen LogP contribution < -0.4 is 32.2 Å². The summed E-state index contributed by atoms with van der Waals surface area (Å²) in [5.41, 5.74) is 11.5. The summed E-state index contributed by atoms with van der Waals surface area (Å²) in [7, 11) is 1.21. The van der Waals surface area contributed by atoms with E-state index in [1.54, 1.807) is 30.3 Å². The third-order valence-corrected chi connectivity index (χ3v) is 5.31. The molecule has 2 bridgehead atoms. The van der Waals surface area contributed by atoms with Gasteiger partial charge in [0.05, 0.1) is 7.11 Å². The minimum Gasteiger partial charge on any atom is -0.490 e. The Kier molecular flexibility index (Phi) is 13.5. The van der Waals surface area contributed by atoms with Crippen LogP contribution in [0, 0.1) is 0 Å². The number of nitrogens with zero attached hydrogens (tertiary/aromatic N) is 1. The molecule has 3 atom stereocenters. The number of rotatable bonds is 7. The Morgan fingerprint density at radius 3 is 2.46 bits per heavy atom. The highest BCUT2D eigenvalue weighted by molar-refractivity contribution is 5.93. The number of amides is 3. The molecular weight excluding hydrogens is 504 g/mol. The third kappa shape index (κ3) is 11.2. The minimum atomic E-state index is -1.09. The second-order valence-electron chi connectivity index (χ2n) is 8.21. The number of esters is 1. The van der Waals surface area contributed by atoms with Crippen molar-refractivity contribution in [3.05, 3.63) is 42.0 Å². The van der Waals surface area contributed by atoms with Crippen molar-refractivity contribution in [1.82, 2.24) is 16.0 Å². The lowest BCUT2D eigenvalue weighted by molar-refractivity contribution is -0.144. The van der Waals surface area contributed by atoms with Gasteiger partial charge in [0.2, 0.25) is 17.7 Å². The van der Waals surface area contributed by atoms with Gasteiger partial charge in [-0.2, -0.15) is 0 Å². The van der Waals surface area contributed by atoms with Gasteiger partial charge in [-0.3, -0.25) is 19.4 Å². The van der Waals surface area contributed by atoms with Crippen molar-refractivity contribution >= 4 is 42.1 Å². The molecule has 2 aliphatic heterocycles.